The molecule has 2 N–H and O–H groups in total. The Balaban J connectivity index is 2.21. The Morgan fingerprint density at radius 2 is 2.47 bits per heavy atom. The molecule has 1 aromatic heterocycles. The van der Waals surface area contributed by atoms with Crippen LogP contribution in [0.15, 0.2) is 23.4 Å². The minimum absolute atomic E-state index is 0.460. The summed E-state index contributed by atoms with van der Waals surface area (Å²) in [6.45, 7) is 0.460. The standard InChI is InChI=1S/C9H12N2O2S2/c12-9(13)11-3-4-15-6-7-5-10-2-1-8(7)14/h1-2,5,11H,3-4,6H2,(H,10,14)(H,12,13). The quantitative estimate of drug-likeness (QED) is 0.546. The van der Waals surface area contributed by atoms with Gasteiger partial charge in [-0.15, -0.1) is 12.6 Å². The molecule has 0 fully saturated rings. The molecule has 6 heteroatoms. The van der Waals surface area contributed by atoms with Crippen LogP contribution in [0.25, 0.3) is 0 Å². The van der Waals surface area contributed by atoms with Gasteiger partial charge >= 0.3 is 6.09 Å². The van der Waals surface area contributed by atoms with E-state index in [1.807, 2.05) is 6.07 Å². The van der Waals surface area contributed by atoms with E-state index in [1.54, 1.807) is 24.2 Å². The van der Waals surface area contributed by atoms with Gasteiger partial charge in [-0.2, -0.15) is 11.8 Å². The van der Waals surface area contributed by atoms with Gasteiger partial charge in [0.15, 0.2) is 0 Å². The van der Waals surface area contributed by atoms with Crippen LogP contribution in [0.5, 0.6) is 0 Å². The van der Waals surface area contributed by atoms with Crippen molar-refractivity contribution in [1.29, 1.82) is 0 Å². The van der Waals surface area contributed by atoms with Gasteiger partial charge in [-0.05, 0) is 11.6 Å². The van der Waals surface area contributed by atoms with Crippen LogP contribution in [0.1, 0.15) is 5.56 Å². The van der Waals surface area contributed by atoms with Crippen LogP contribution >= 0.6 is 24.4 Å². The topological polar surface area (TPSA) is 62.2 Å². The molecule has 4 nitrogen and oxygen atoms in total. The first-order valence-corrected chi connectivity index (χ1v) is 5.96. The summed E-state index contributed by atoms with van der Waals surface area (Å²) >= 11 is 5.94. The maximum absolute atomic E-state index is 10.1. The van der Waals surface area contributed by atoms with Gasteiger partial charge in [0.05, 0.1) is 0 Å². The lowest BCUT2D eigenvalue weighted by Crippen LogP contribution is -2.23. The van der Waals surface area contributed by atoms with Crippen molar-refractivity contribution >= 4 is 30.5 Å². The Hall–Kier alpha value is -0.880. The fourth-order valence-electron chi connectivity index (χ4n) is 0.943. The summed E-state index contributed by atoms with van der Waals surface area (Å²) in [5.41, 5.74) is 1.07. The van der Waals surface area contributed by atoms with Gasteiger partial charge in [-0.1, -0.05) is 0 Å². The highest BCUT2D eigenvalue weighted by atomic mass is 32.2. The highest BCUT2D eigenvalue weighted by Crippen LogP contribution is 2.17. The number of nitrogens with one attached hydrogen (secondary N) is 1. The van der Waals surface area contributed by atoms with Crippen LogP contribution in [-0.2, 0) is 5.75 Å². The number of nitrogens with zero attached hydrogens (tertiary/aromatic N) is 1. The molecule has 0 saturated carbocycles. The number of pyridine rings is 1. The Bertz CT molecular complexity index is 334. The highest BCUT2D eigenvalue weighted by Gasteiger charge is 1.99. The summed E-state index contributed by atoms with van der Waals surface area (Å²) in [7, 11) is 0. The van der Waals surface area contributed by atoms with E-state index in [-0.39, 0.29) is 0 Å². The van der Waals surface area contributed by atoms with Crippen molar-refractivity contribution in [3.63, 3.8) is 0 Å². The molecule has 1 aromatic rings. The molecule has 0 aliphatic heterocycles. The molecule has 0 aromatic carbocycles. The minimum Gasteiger partial charge on any atom is -0.465 e. The van der Waals surface area contributed by atoms with E-state index in [0.29, 0.717) is 6.54 Å². The zero-order chi connectivity index (χ0) is 11.1. The van der Waals surface area contributed by atoms with Crippen molar-refractivity contribution in [3.05, 3.63) is 24.0 Å². The Morgan fingerprint density at radius 1 is 1.67 bits per heavy atom. The van der Waals surface area contributed by atoms with Crippen molar-refractivity contribution < 1.29 is 9.90 Å². The molecule has 1 amide bonds. The zero-order valence-corrected chi connectivity index (χ0v) is 9.72. The normalized spacial score (nSPS) is 9.93. The molecule has 0 spiro atoms. The largest absolute Gasteiger partial charge is 0.465 e. The molecule has 0 unspecified atom stereocenters. The smallest absolute Gasteiger partial charge is 0.404 e. The van der Waals surface area contributed by atoms with E-state index in [4.69, 9.17) is 5.11 Å². The first kappa shape index (κ1) is 12.2. The molecule has 0 bridgehead atoms. The summed E-state index contributed by atoms with van der Waals surface area (Å²) < 4.78 is 0. The fourth-order valence-corrected chi connectivity index (χ4v) is 2.09. The number of rotatable bonds is 5. The maximum atomic E-state index is 10.1. The molecule has 1 heterocycles. The lowest BCUT2D eigenvalue weighted by molar-refractivity contribution is 0.195. The van der Waals surface area contributed by atoms with Crippen LogP contribution in [0.2, 0.25) is 0 Å². The monoisotopic (exact) mass is 244 g/mol. The van der Waals surface area contributed by atoms with Crippen LogP contribution in [-0.4, -0.2) is 28.5 Å². The summed E-state index contributed by atoms with van der Waals surface area (Å²) in [4.78, 5) is 15.1. The number of carbonyl (C=O) groups is 1. The summed E-state index contributed by atoms with van der Waals surface area (Å²) in [6, 6.07) is 1.84. The van der Waals surface area contributed by atoms with Crippen molar-refractivity contribution in [1.82, 2.24) is 10.3 Å². The zero-order valence-electron chi connectivity index (χ0n) is 8.01. The third kappa shape index (κ3) is 4.94. The van der Waals surface area contributed by atoms with Gasteiger partial charge in [0.1, 0.15) is 0 Å². The second-order valence-electron chi connectivity index (χ2n) is 2.79. The van der Waals surface area contributed by atoms with Crippen LogP contribution in [0.4, 0.5) is 4.79 Å². The molecule has 0 aliphatic rings. The Morgan fingerprint density at radius 3 is 3.13 bits per heavy atom. The van der Waals surface area contributed by atoms with Crippen LogP contribution < -0.4 is 5.32 Å². The second-order valence-corrected chi connectivity index (χ2v) is 4.38. The van der Waals surface area contributed by atoms with E-state index in [2.05, 4.69) is 22.9 Å². The number of hydrogen-bond acceptors (Lipinski definition) is 4. The average Bonchev–Trinajstić information content (AvgIpc) is 2.20. The third-order valence-corrected chi connectivity index (χ3v) is 3.10. The number of hydrogen-bond donors (Lipinski definition) is 3. The predicted molar refractivity (Wildman–Crippen MR) is 63.7 cm³/mol. The third-order valence-electron chi connectivity index (χ3n) is 1.66. The molecule has 0 radical (unpaired) electrons. The van der Waals surface area contributed by atoms with Gasteiger partial charge in [0.2, 0.25) is 0 Å². The molecule has 0 aliphatic carbocycles. The van der Waals surface area contributed by atoms with E-state index in [9.17, 15) is 4.79 Å². The van der Waals surface area contributed by atoms with E-state index >= 15 is 0 Å². The highest BCUT2D eigenvalue weighted by molar-refractivity contribution is 7.98. The first-order chi connectivity index (χ1) is 7.20. The first-order valence-electron chi connectivity index (χ1n) is 4.36. The molecule has 0 atom stereocenters. The number of amides is 1. The molecule has 15 heavy (non-hydrogen) atoms. The van der Waals surface area contributed by atoms with Gasteiger partial charge < -0.3 is 10.4 Å². The van der Waals surface area contributed by atoms with Crippen molar-refractivity contribution in [2.24, 2.45) is 0 Å². The SMILES string of the molecule is O=C(O)NCCSCc1cnccc1S. The van der Waals surface area contributed by atoms with Crippen molar-refractivity contribution in [3.8, 4) is 0 Å². The average molecular weight is 244 g/mol. The number of thiol groups is 1. The summed E-state index contributed by atoms with van der Waals surface area (Å²) in [5.74, 6) is 1.54. The van der Waals surface area contributed by atoms with Gasteiger partial charge in [0, 0.05) is 35.3 Å². The van der Waals surface area contributed by atoms with Crippen LogP contribution in [0.3, 0.4) is 0 Å². The van der Waals surface area contributed by atoms with Gasteiger partial charge in [0.25, 0.3) is 0 Å². The molecular weight excluding hydrogens is 232 g/mol. The maximum Gasteiger partial charge on any atom is 0.404 e. The van der Waals surface area contributed by atoms with Crippen LogP contribution in [0, 0.1) is 0 Å². The molecular formula is C9H12N2O2S2. The number of thioether (sulfide) groups is 1. The van der Waals surface area contributed by atoms with Crippen molar-refractivity contribution in [2.45, 2.75) is 10.6 Å². The minimum atomic E-state index is -0.980. The van der Waals surface area contributed by atoms with E-state index in [0.717, 1.165) is 22.0 Å². The predicted octanol–water partition coefficient (Wildman–Crippen LogP) is 1.87. The number of aromatic nitrogens is 1. The van der Waals surface area contributed by atoms with Gasteiger partial charge in [-0.25, -0.2) is 4.79 Å². The molecule has 0 saturated heterocycles. The molecule has 1 rings (SSSR count). The molecule has 82 valence electrons. The lowest BCUT2D eigenvalue weighted by atomic mass is 10.3. The summed E-state index contributed by atoms with van der Waals surface area (Å²) in [5, 5.41) is 10.6. The Kier molecular flexibility index (Phi) is 5.34. The van der Waals surface area contributed by atoms with E-state index < -0.39 is 6.09 Å². The van der Waals surface area contributed by atoms with Gasteiger partial charge in [-0.3, -0.25) is 4.98 Å². The second kappa shape index (κ2) is 6.58. The van der Waals surface area contributed by atoms with Crippen molar-refractivity contribution in [2.75, 3.05) is 12.3 Å². The summed E-state index contributed by atoms with van der Waals surface area (Å²) in [6.07, 6.45) is 2.49. The van der Waals surface area contributed by atoms with E-state index in [1.165, 1.54) is 0 Å². The Labute approximate surface area is 97.9 Å². The number of carboxylic acid groups (broad SMARTS) is 1. The fraction of sp³-hybridized carbons (Fsp3) is 0.333. The lowest BCUT2D eigenvalue weighted by Gasteiger charge is -2.04.